The fourth-order valence-corrected chi connectivity index (χ4v) is 4.34. The molecule has 5 heteroatoms. The summed E-state index contributed by atoms with van der Waals surface area (Å²) < 4.78 is 12.3. The molecule has 0 unspecified atom stereocenters. The lowest BCUT2D eigenvalue weighted by Crippen LogP contribution is -2.43. The van der Waals surface area contributed by atoms with Gasteiger partial charge in [0.05, 0.1) is 31.5 Å². The average Bonchev–Trinajstić information content (AvgIpc) is 3.27. The Morgan fingerprint density at radius 1 is 1.25 bits per heavy atom. The van der Waals surface area contributed by atoms with Gasteiger partial charge in [0, 0.05) is 31.1 Å². The number of hydrogen-bond acceptors (Lipinski definition) is 5. The highest BCUT2D eigenvalue weighted by Gasteiger charge is 2.43. The van der Waals surface area contributed by atoms with Crippen molar-refractivity contribution in [2.45, 2.75) is 44.1 Å². The standard InChI is InChI=1S/C19H24N2O2S/c1-2-4-16(5-3-1)14-22-17-12-19(23-15-17)6-9-21(10-7-19)13-18-20-8-11-24-18/h1-5,8,11,17H,6-7,9-10,12-15H2/t17-/m0/s1. The molecule has 0 radical (unpaired) electrons. The molecule has 2 aliphatic rings. The Hall–Kier alpha value is -1.27. The van der Waals surface area contributed by atoms with E-state index in [1.54, 1.807) is 11.3 Å². The molecule has 0 amide bonds. The summed E-state index contributed by atoms with van der Waals surface area (Å²) in [6.45, 7) is 4.57. The van der Waals surface area contributed by atoms with E-state index < -0.39 is 0 Å². The highest BCUT2D eigenvalue weighted by molar-refractivity contribution is 7.09. The molecule has 0 N–H and O–H groups in total. The first-order valence-electron chi connectivity index (χ1n) is 8.72. The highest BCUT2D eigenvalue weighted by Crippen LogP contribution is 2.37. The van der Waals surface area contributed by atoms with Crippen LogP contribution in [0.3, 0.4) is 0 Å². The molecule has 1 aromatic heterocycles. The first-order chi connectivity index (χ1) is 11.8. The second-order valence-electron chi connectivity index (χ2n) is 6.82. The summed E-state index contributed by atoms with van der Waals surface area (Å²) in [5, 5.41) is 3.26. The third kappa shape index (κ3) is 3.86. The molecule has 4 rings (SSSR count). The molecule has 2 aromatic rings. The van der Waals surface area contributed by atoms with Crippen LogP contribution in [0.25, 0.3) is 0 Å². The largest absolute Gasteiger partial charge is 0.372 e. The van der Waals surface area contributed by atoms with Crippen LogP contribution in [0.5, 0.6) is 0 Å². The SMILES string of the molecule is c1ccc(CO[C@@H]2COC3(CCN(Cc4nccs4)CC3)C2)cc1. The van der Waals surface area contributed by atoms with E-state index in [0.717, 1.165) is 45.5 Å². The molecule has 0 bridgehead atoms. The summed E-state index contributed by atoms with van der Waals surface area (Å²) in [7, 11) is 0. The normalized spacial score (nSPS) is 23.8. The number of piperidine rings is 1. The van der Waals surface area contributed by atoms with Gasteiger partial charge in [0.25, 0.3) is 0 Å². The zero-order valence-corrected chi connectivity index (χ0v) is 14.7. The van der Waals surface area contributed by atoms with E-state index in [2.05, 4.69) is 39.5 Å². The van der Waals surface area contributed by atoms with Crippen molar-refractivity contribution in [3.05, 3.63) is 52.5 Å². The Kier molecular flexibility index (Phi) is 4.94. The van der Waals surface area contributed by atoms with Crippen molar-refractivity contribution in [1.82, 2.24) is 9.88 Å². The third-order valence-corrected chi connectivity index (χ3v) is 5.88. The number of likely N-dealkylation sites (tertiary alicyclic amines) is 1. The number of ether oxygens (including phenoxy) is 2. The summed E-state index contributed by atoms with van der Waals surface area (Å²) >= 11 is 1.74. The topological polar surface area (TPSA) is 34.6 Å². The number of hydrogen-bond donors (Lipinski definition) is 0. The zero-order chi connectivity index (χ0) is 16.2. The molecule has 0 aliphatic carbocycles. The minimum absolute atomic E-state index is 0.0424. The number of thiazole rings is 1. The van der Waals surface area contributed by atoms with E-state index in [0.29, 0.717) is 6.61 Å². The van der Waals surface area contributed by atoms with Gasteiger partial charge in [-0.3, -0.25) is 4.90 Å². The van der Waals surface area contributed by atoms with Crippen molar-refractivity contribution >= 4 is 11.3 Å². The van der Waals surface area contributed by atoms with Crippen LogP contribution in [0, 0.1) is 0 Å². The van der Waals surface area contributed by atoms with Crippen LogP contribution >= 0.6 is 11.3 Å². The van der Waals surface area contributed by atoms with E-state index >= 15 is 0 Å². The van der Waals surface area contributed by atoms with Gasteiger partial charge in [-0.2, -0.15) is 0 Å². The predicted octanol–water partition coefficient (Wildman–Crippen LogP) is 3.48. The van der Waals surface area contributed by atoms with Crippen LogP contribution in [-0.4, -0.2) is 41.3 Å². The lowest BCUT2D eigenvalue weighted by Gasteiger charge is -2.38. The maximum Gasteiger partial charge on any atom is 0.107 e. The molecule has 1 atom stereocenters. The Morgan fingerprint density at radius 2 is 2.08 bits per heavy atom. The van der Waals surface area contributed by atoms with E-state index in [9.17, 15) is 0 Å². The zero-order valence-electron chi connectivity index (χ0n) is 13.9. The Bertz CT molecular complexity index is 624. The number of aromatic nitrogens is 1. The number of nitrogens with zero attached hydrogens (tertiary/aromatic N) is 2. The predicted molar refractivity (Wildman–Crippen MR) is 94.9 cm³/mol. The molecule has 4 nitrogen and oxygen atoms in total. The maximum atomic E-state index is 6.20. The third-order valence-electron chi connectivity index (χ3n) is 5.11. The second-order valence-corrected chi connectivity index (χ2v) is 7.80. The van der Waals surface area contributed by atoms with Crippen molar-refractivity contribution in [3.8, 4) is 0 Å². The van der Waals surface area contributed by atoms with Crippen molar-refractivity contribution in [1.29, 1.82) is 0 Å². The van der Waals surface area contributed by atoms with Crippen molar-refractivity contribution in [3.63, 3.8) is 0 Å². The number of benzene rings is 1. The van der Waals surface area contributed by atoms with Crippen molar-refractivity contribution < 1.29 is 9.47 Å². The van der Waals surface area contributed by atoms with Crippen LogP contribution < -0.4 is 0 Å². The quantitative estimate of drug-likeness (QED) is 0.832. The molecule has 128 valence electrons. The van der Waals surface area contributed by atoms with E-state index in [4.69, 9.17) is 9.47 Å². The lowest BCUT2D eigenvalue weighted by atomic mass is 9.88. The van der Waals surface area contributed by atoms with Gasteiger partial charge >= 0.3 is 0 Å². The van der Waals surface area contributed by atoms with Crippen LogP contribution in [0.1, 0.15) is 29.8 Å². The van der Waals surface area contributed by atoms with Crippen LogP contribution in [0.4, 0.5) is 0 Å². The van der Waals surface area contributed by atoms with Gasteiger partial charge in [0.2, 0.25) is 0 Å². The monoisotopic (exact) mass is 344 g/mol. The first kappa shape index (κ1) is 16.2. The lowest BCUT2D eigenvalue weighted by molar-refractivity contribution is -0.0468. The van der Waals surface area contributed by atoms with Gasteiger partial charge in [-0.05, 0) is 18.4 Å². The molecular formula is C19H24N2O2S. The first-order valence-corrected chi connectivity index (χ1v) is 9.60. The minimum atomic E-state index is 0.0424. The Balaban J connectivity index is 1.24. The summed E-state index contributed by atoms with van der Waals surface area (Å²) in [5.74, 6) is 0. The Morgan fingerprint density at radius 3 is 2.83 bits per heavy atom. The summed E-state index contributed by atoms with van der Waals surface area (Å²) in [6.07, 6.45) is 5.36. The minimum Gasteiger partial charge on any atom is -0.372 e. The fourth-order valence-electron chi connectivity index (χ4n) is 3.69. The van der Waals surface area contributed by atoms with Crippen LogP contribution in [0.15, 0.2) is 41.9 Å². The van der Waals surface area contributed by atoms with E-state index in [1.807, 2.05) is 12.3 Å². The highest BCUT2D eigenvalue weighted by atomic mass is 32.1. The molecular weight excluding hydrogens is 320 g/mol. The molecule has 2 saturated heterocycles. The van der Waals surface area contributed by atoms with Gasteiger partial charge in [0.1, 0.15) is 5.01 Å². The van der Waals surface area contributed by atoms with Gasteiger partial charge in [0.15, 0.2) is 0 Å². The van der Waals surface area contributed by atoms with Gasteiger partial charge < -0.3 is 9.47 Å². The van der Waals surface area contributed by atoms with Gasteiger partial charge in [-0.15, -0.1) is 11.3 Å². The average molecular weight is 344 g/mol. The van der Waals surface area contributed by atoms with E-state index in [-0.39, 0.29) is 11.7 Å². The number of rotatable bonds is 5. The molecule has 0 saturated carbocycles. The van der Waals surface area contributed by atoms with Gasteiger partial charge in [-0.1, -0.05) is 30.3 Å². The molecule has 1 spiro atoms. The van der Waals surface area contributed by atoms with Crippen molar-refractivity contribution in [2.75, 3.05) is 19.7 Å². The molecule has 1 aromatic carbocycles. The maximum absolute atomic E-state index is 6.20. The molecule has 2 fully saturated rings. The van der Waals surface area contributed by atoms with Crippen LogP contribution in [0.2, 0.25) is 0 Å². The summed E-state index contributed by atoms with van der Waals surface area (Å²) in [4.78, 5) is 6.88. The van der Waals surface area contributed by atoms with Crippen LogP contribution in [-0.2, 0) is 22.6 Å². The smallest absolute Gasteiger partial charge is 0.107 e. The fraction of sp³-hybridized carbons (Fsp3) is 0.526. The Labute approximate surface area is 147 Å². The molecule has 3 heterocycles. The van der Waals surface area contributed by atoms with E-state index in [1.165, 1.54) is 10.6 Å². The summed E-state index contributed by atoms with van der Waals surface area (Å²) in [5.41, 5.74) is 1.28. The summed E-state index contributed by atoms with van der Waals surface area (Å²) in [6, 6.07) is 10.4. The molecule has 2 aliphatic heterocycles. The van der Waals surface area contributed by atoms with Crippen molar-refractivity contribution in [2.24, 2.45) is 0 Å². The molecule has 24 heavy (non-hydrogen) atoms. The second kappa shape index (κ2) is 7.31. The van der Waals surface area contributed by atoms with Gasteiger partial charge in [-0.25, -0.2) is 4.98 Å².